The van der Waals surface area contributed by atoms with E-state index in [1.807, 2.05) is 0 Å². The van der Waals surface area contributed by atoms with Gasteiger partial charge in [0.15, 0.2) is 0 Å². The molecule has 13 heteroatoms. The van der Waals surface area contributed by atoms with Crippen LogP contribution in [-0.2, 0) is 25.6 Å². The van der Waals surface area contributed by atoms with Gasteiger partial charge >= 0.3 is 5.97 Å². The van der Waals surface area contributed by atoms with Gasteiger partial charge in [0.2, 0.25) is 17.7 Å². The number of carbonyl (C=O) groups excluding carboxylic acids is 3. The summed E-state index contributed by atoms with van der Waals surface area (Å²) in [5, 5.41) is 26.4. The lowest BCUT2D eigenvalue weighted by Crippen LogP contribution is -2.61. The standard InChI is InChI=1S/C19H32N6O6S/c1-4-9(2)14(17(28)23-13(7-32)19(30)31)24-18(29)15(10(3)26)25-16(27)12(20)5-11-6-21-8-22-11/h6,8-10,12-15,26,32H,4-5,7,20H2,1-3H3,(H,21,22)(H,23,28)(H,24,29)(H,25,27)(H,30,31). The minimum atomic E-state index is -1.38. The number of nitrogens with two attached hydrogens (primary N) is 1. The Morgan fingerprint density at radius 1 is 1.12 bits per heavy atom. The van der Waals surface area contributed by atoms with Crippen molar-refractivity contribution in [1.82, 2.24) is 25.9 Å². The molecule has 1 aromatic heterocycles. The molecular formula is C19H32N6O6S. The van der Waals surface area contributed by atoms with Crippen molar-refractivity contribution in [3.63, 3.8) is 0 Å². The third-order valence-corrected chi connectivity index (χ3v) is 5.35. The van der Waals surface area contributed by atoms with Crippen LogP contribution < -0.4 is 21.7 Å². The first-order chi connectivity index (χ1) is 15.0. The molecule has 8 N–H and O–H groups in total. The zero-order valence-corrected chi connectivity index (χ0v) is 19.1. The number of H-pyrrole nitrogens is 1. The molecule has 0 spiro atoms. The highest BCUT2D eigenvalue weighted by Crippen LogP contribution is 2.10. The number of aromatic amines is 1. The van der Waals surface area contributed by atoms with E-state index in [1.165, 1.54) is 19.4 Å². The molecule has 32 heavy (non-hydrogen) atoms. The van der Waals surface area contributed by atoms with Gasteiger partial charge in [0.25, 0.3) is 0 Å². The molecule has 0 fully saturated rings. The van der Waals surface area contributed by atoms with E-state index in [0.29, 0.717) is 12.1 Å². The number of nitrogens with zero attached hydrogens (tertiary/aromatic N) is 1. The first-order valence-corrected chi connectivity index (χ1v) is 10.8. The van der Waals surface area contributed by atoms with Crippen molar-refractivity contribution in [2.45, 2.75) is 63.9 Å². The van der Waals surface area contributed by atoms with Crippen molar-refractivity contribution < 1.29 is 29.4 Å². The number of hydrogen-bond acceptors (Lipinski definition) is 8. The number of aliphatic hydroxyl groups excluding tert-OH is 1. The monoisotopic (exact) mass is 472 g/mol. The fourth-order valence-corrected chi connectivity index (χ4v) is 3.03. The quantitative estimate of drug-likeness (QED) is 0.153. The van der Waals surface area contributed by atoms with Crippen LogP contribution in [0.4, 0.5) is 0 Å². The van der Waals surface area contributed by atoms with Crippen LogP contribution in [-0.4, -0.2) is 79.9 Å². The molecular weight excluding hydrogens is 440 g/mol. The van der Waals surface area contributed by atoms with Gasteiger partial charge < -0.3 is 36.9 Å². The molecule has 0 aromatic carbocycles. The summed E-state index contributed by atoms with van der Waals surface area (Å²) < 4.78 is 0. The van der Waals surface area contributed by atoms with E-state index >= 15 is 0 Å². The lowest BCUT2D eigenvalue weighted by atomic mass is 9.97. The predicted octanol–water partition coefficient (Wildman–Crippen LogP) is -1.82. The molecule has 0 saturated carbocycles. The Morgan fingerprint density at radius 2 is 1.72 bits per heavy atom. The fourth-order valence-electron chi connectivity index (χ4n) is 2.78. The van der Waals surface area contributed by atoms with Gasteiger partial charge in [0.05, 0.1) is 18.5 Å². The summed E-state index contributed by atoms with van der Waals surface area (Å²) in [5.41, 5.74) is 6.50. The maximum absolute atomic E-state index is 12.8. The van der Waals surface area contributed by atoms with Gasteiger partial charge in [0.1, 0.15) is 18.1 Å². The summed E-state index contributed by atoms with van der Waals surface area (Å²) in [6.45, 7) is 4.81. The average Bonchev–Trinajstić information content (AvgIpc) is 3.25. The normalized spacial score (nSPS) is 16.7. The number of aliphatic carboxylic acids is 1. The van der Waals surface area contributed by atoms with Crippen LogP contribution in [0.5, 0.6) is 0 Å². The zero-order valence-electron chi connectivity index (χ0n) is 18.2. The van der Waals surface area contributed by atoms with E-state index < -0.39 is 54.0 Å². The van der Waals surface area contributed by atoms with Gasteiger partial charge in [-0.25, -0.2) is 9.78 Å². The van der Waals surface area contributed by atoms with Crippen molar-refractivity contribution in [2.24, 2.45) is 11.7 Å². The Morgan fingerprint density at radius 3 is 2.19 bits per heavy atom. The van der Waals surface area contributed by atoms with Crippen molar-refractivity contribution in [1.29, 1.82) is 0 Å². The lowest BCUT2D eigenvalue weighted by Gasteiger charge is -2.28. The van der Waals surface area contributed by atoms with Gasteiger partial charge in [-0.2, -0.15) is 12.6 Å². The number of nitrogens with one attached hydrogen (secondary N) is 4. The van der Waals surface area contributed by atoms with Gasteiger partial charge in [-0.3, -0.25) is 14.4 Å². The number of amides is 3. The topological polar surface area (TPSA) is 200 Å². The van der Waals surface area contributed by atoms with Crippen LogP contribution >= 0.6 is 12.6 Å². The Balaban J connectivity index is 2.89. The van der Waals surface area contributed by atoms with Crippen LogP contribution in [0, 0.1) is 5.92 Å². The van der Waals surface area contributed by atoms with E-state index in [9.17, 15) is 24.3 Å². The number of rotatable bonds is 13. The third-order valence-electron chi connectivity index (χ3n) is 4.98. The van der Waals surface area contributed by atoms with Crippen LogP contribution in [0.3, 0.4) is 0 Å². The summed E-state index contributed by atoms with van der Waals surface area (Å²) in [7, 11) is 0. The van der Waals surface area contributed by atoms with Gasteiger partial charge in [0, 0.05) is 24.1 Å². The summed E-state index contributed by atoms with van der Waals surface area (Å²) in [6, 6.07) is -4.72. The molecule has 0 aliphatic carbocycles. The van der Waals surface area contributed by atoms with Crippen molar-refractivity contribution in [3.8, 4) is 0 Å². The van der Waals surface area contributed by atoms with Crippen LogP contribution in [0.15, 0.2) is 12.5 Å². The lowest BCUT2D eigenvalue weighted by molar-refractivity contribution is -0.142. The first-order valence-electron chi connectivity index (χ1n) is 10.2. The van der Waals surface area contributed by atoms with E-state index in [-0.39, 0.29) is 18.1 Å². The minimum absolute atomic E-state index is 0.136. The van der Waals surface area contributed by atoms with Crippen molar-refractivity contribution in [3.05, 3.63) is 18.2 Å². The molecule has 3 amide bonds. The molecule has 1 aromatic rings. The van der Waals surface area contributed by atoms with Crippen LogP contribution in [0.2, 0.25) is 0 Å². The van der Waals surface area contributed by atoms with Gasteiger partial charge in [-0.05, 0) is 12.8 Å². The molecule has 180 valence electrons. The molecule has 0 radical (unpaired) electrons. The van der Waals surface area contributed by atoms with Crippen LogP contribution in [0.1, 0.15) is 32.9 Å². The molecule has 0 bridgehead atoms. The number of carboxylic acids is 1. The molecule has 1 heterocycles. The van der Waals surface area contributed by atoms with E-state index in [1.54, 1.807) is 13.8 Å². The maximum Gasteiger partial charge on any atom is 0.327 e. The third kappa shape index (κ3) is 8.13. The number of carbonyl (C=O) groups is 4. The number of aliphatic hydroxyl groups is 1. The Kier molecular flexibility index (Phi) is 11.2. The maximum atomic E-state index is 12.8. The average molecular weight is 473 g/mol. The predicted molar refractivity (Wildman–Crippen MR) is 119 cm³/mol. The number of hydrogen-bond donors (Lipinski definition) is 8. The van der Waals surface area contributed by atoms with Gasteiger partial charge in [-0.15, -0.1) is 0 Å². The second-order valence-electron chi connectivity index (χ2n) is 7.57. The first kappa shape index (κ1) is 27.4. The molecule has 6 unspecified atom stereocenters. The van der Waals surface area contributed by atoms with Crippen molar-refractivity contribution >= 4 is 36.3 Å². The number of carboxylic acid groups (broad SMARTS) is 1. The van der Waals surface area contributed by atoms with E-state index in [4.69, 9.17) is 10.8 Å². The molecule has 0 aliphatic rings. The summed E-state index contributed by atoms with van der Waals surface area (Å²) in [5.74, 6) is -3.94. The highest BCUT2D eigenvalue weighted by Gasteiger charge is 2.34. The number of thiol groups is 1. The zero-order chi connectivity index (χ0) is 24.4. The number of aromatic nitrogens is 2. The highest BCUT2D eigenvalue weighted by atomic mass is 32.1. The molecule has 0 aliphatic heterocycles. The fraction of sp³-hybridized carbons (Fsp3) is 0.632. The SMILES string of the molecule is CCC(C)C(NC(=O)C(NC(=O)C(N)Cc1cnc[nH]1)C(C)O)C(=O)NC(CS)C(=O)O. The van der Waals surface area contributed by atoms with Gasteiger partial charge in [-0.1, -0.05) is 20.3 Å². The Bertz CT molecular complexity index is 774. The smallest absolute Gasteiger partial charge is 0.327 e. The van der Waals surface area contributed by atoms with Crippen LogP contribution in [0.25, 0.3) is 0 Å². The largest absolute Gasteiger partial charge is 0.480 e. The molecule has 1 rings (SSSR count). The second-order valence-corrected chi connectivity index (χ2v) is 7.93. The molecule has 12 nitrogen and oxygen atoms in total. The van der Waals surface area contributed by atoms with E-state index in [0.717, 1.165) is 0 Å². The second kappa shape index (κ2) is 13.0. The summed E-state index contributed by atoms with van der Waals surface area (Å²) >= 11 is 3.91. The Labute approximate surface area is 191 Å². The van der Waals surface area contributed by atoms with Crippen molar-refractivity contribution in [2.75, 3.05) is 5.75 Å². The summed E-state index contributed by atoms with van der Waals surface area (Å²) in [4.78, 5) is 55.8. The molecule has 0 saturated heterocycles. The van der Waals surface area contributed by atoms with E-state index in [2.05, 4.69) is 38.5 Å². The highest BCUT2D eigenvalue weighted by molar-refractivity contribution is 7.80. The number of imidazole rings is 1. The summed E-state index contributed by atoms with van der Waals surface area (Å²) in [6.07, 6.45) is 2.30. The molecule has 6 atom stereocenters. The minimum Gasteiger partial charge on any atom is -0.480 e. The Hall–Kier alpha value is -2.64.